The highest BCUT2D eigenvalue weighted by molar-refractivity contribution is 5.20. The second-order valence-corrected chi connectivity index (χ2v) is 6.15. The molecule has 3 nitrogen and oxygen atoms in total. The van der Waals surface area contributed by atoms with E-state index in [-0.39, 0.29) is 0 Å². The van der Waals surface area contributed by atoms with Crippen molar-refractivity contribution in [3.63, 3.8) is 0 Å². The van der Waals surface area contributed by atoms with E-state index in [0.717, 1.165) is 31.5 Å². The summed E-state index contributed by atoms with van der Waals surface area (Å²) >= 11 is 0. The van der Waals surface area contributed by atoms with Crippen LogP contribution in [0.3, 0.4) is 0 Å². The molecule has 5 heteroatoms. The highest BCUT2D eigenvalue weighted by Crippen LogP contribution is 2.27. The molecule has 3 rings (SSSR count). The zero-order chi connectivity index (χ0) is 14.8. The number of nitrogens with zero attached hydrogens (tertiary/aromatic N) is 1. The number of aliphatic hydroxyl groups is 1. The van der Waals surface area contributed by atoms with Crippen LogP contribution in [0.25, 0.3) is 0 Å². The van der Waals surface area contributed by atoms with Crippen LogP contribution in [0.1, 0.15) is 37.4 Å². The van der Waals surface area contributed by atoms with Gasteiger partial charge in [-0.25, -0.2) is 8.78 Å². The van der Waals surface area contributed by atoms with Gasteiger partial charge in [0.25, 0.3) is 0 Å². The minimum absolute atomic E-state index is 0.377. The maximum Gasteiger partial charge on any atom is 0.159 e. The van der Waals surface area contributed by atoms with Crippen LogP contribution in [-0.4, -0.2) is 41.7 Å². The number of rotatable bonds is 4. The molecule has 0 radical (unpaired) electrons. The summed E-state index contributed by atoms with van der Waals surface area (Å²) in [6.45, 7) is 2.71. The molecule has 2 fully saturated rings. The monoisotopic (exact) mass is 296 g/mol. The molecule has 3 unspecified atom stereocenters. The summed E-state index contributed by atoms with van der Waals surface area (Å²) in [4.78, 5) is 2.55. The van der Waals surface area contributed by atoms with Crippen LogP contribution in [0.2, 0.25) is 0 Å². The Balaban J connectivity index is 1.51. The fourth-order valence-corrected chi connectivity index (χ4v) is 3.53. The van der Waals surface area contributed by atoms with E-state index in [1.807, 2.05) is 0 Å². The Morgan fingerprint density at radius 3 is 2.90 bits per heavy atom. The second-order valence-electron chi connectivity index (χ2n) is 6.15. The Morgan fingerprint density at radius 2 is 2.10 bits per heavy atom. The molecule has 0 aliphatic carbocycles. The summed E-state index contributed by atoms with van der Waals surface area (Å²) in [6.07, 6.45) is 3.95. The van der Waals surface area contributed by atoms with Crippen LogP contribution in [0.4, 0.5) is 8.78 Å². The first kappa shape index (κ1) is 14.9. The van der Waals surface area contributed by atoms with E-state index < -0.39 is 17.7 Å². The van der Waals surface area contributed by atoms with Gasteiger partial charge in [0.2, 0.25) is 0 Å². The molecule has 2 saturated heterocycles. The first-order valence-corrected chi connectivity index (χ1v) is 7.74. The molecule has 0 spiro atoms. The minimum atomic E-state index is -0.911. The van der Waals surface area contributed by atoms with Gasteiger partial charge in [0.15, 0.2) is 11.6 Å². The standard InChI is InChI=1S/C16H22F2N2O/c17-14-4-3-11(8-15(14)18)16(21)10-19-12-5-7-20-6-1-2-13(20)9-12/h3-4,8,12-13,16,19,21H,1-2,5-7,9-10H2. The lowest BCUT2D eigenvalue weighted by atomic mass is 9.97. The highest BCUT2D eigenvalue weighted by atomic mass is 19.2. The summed E-state index contributed by atoms with van der Waals surface area (Å²) in [5, 5.41) is 13.5. The van der Waals surface area contributed by atoms with Gasteiger partial charge in [0.1, 0.15) is 0 Å². The average Bonchev–Trinajstić information content (AvgIpc) is 2.95. The topological polar surface area (TPSA) is 35.5 Å². The van der Waals surface area contributed by atoms with E-state index in [2.05, 4.69) is 10.2 Å². The molecule has 0 bridgehead atoms. The van der Waals surface area contributed by atoms with Gasteiger partial charge in [-0.2, -0.15) is 0 Å². The minimum Gasteiger partial charge on any atom is -0.387 e. The number of nitrogens with one attached hydrogen (secondary N) is 1. The number of benzene rings is 1. The molecule has 3 atom stereocenters. The molecule has 21 heavy (non-hydrogen) atoms. The van der Waals surface area contributed by atoms with Crippen LogP contribution in [0, 0.1) is 11.6 Å². The number of piperidine rings is 1. The highest BCUT2D eigenvalue weighted by Gasteiger charge is 2.31. The van der Waals surface area contributed by atoms with Gasteiger partial charge in [-0.1, -0.05) is 6.07 Å². The van der Waals surface area contributed by atoms with E-state index in [4.69, 9.17) is 0 Å². The van der Waals surface area contributed by atoms with Crippen LogP contribution < -0.4 is 5.32 Å². The first-order valence-electron chi connectivity index (χ1n) is 7.74. The van der Waals surface area contributed by atoms with Crippen molar-refractivity contribution in [2.24, 2.45) is 0 Å². The zero-order valence-corrected chi connectivity index (χ0v) is 12.1. The number of halogens is 2. The van der Waals surface area contributed by atoms with Gasteiger partial charge in [-0.15, -0.1) is 0 Å². The Kier molecular flexibility index (Phi) is 4.52. The molecular weight excluding hydrogens is 274 g/mol. The quantitative estimate of drug-likeness (QED) is 0.894. The fourth-order valence-electron chi connectivity index (χ4n) is 3.53. The van der Waals surface area contributed by atoms with Crippen molar-refractivity contribution in [2.45, 2.75) is 43.9 Å². The van der Waals surface area contributed by atoms with Crippen LogP contribution >= 0.6 is 0 Å². The molecule has 2 aliphatic rings. The summed E-state index contributed by atoms with van der Waals surface area (Å²) in [5.74, 6) is -1.79. The SMILES string of the molecule is OC(CNC1CCN2CCCC2C1)c1ccc(F)c(F)c1. The molecule has 116 valence electrons. The fraction of sp³-hybridized carbons (Fsp3) is 0.625. The lowest BCUT2D eigenvalue weighted by Gasteiger charge is -2.35. The van der Waals surface area contributed by atoms with Gasteiger partial charge in [-0.3, -0.25) is 0 Å². The number of aliphatic hydroxyl groups excluding tert-OH is 1. The smallest absolute Gasteiger partial charge is 0.159 e. The zero-order valence-electron chi connectivity index (χ0n) is 12.1. The van der Waals surface area contributed by atoms with Gasteiger partial charge < -0.3 is 15.3 Å². The van der Waals surface area contributed by atoms with Gasteiger partial charge in [0, 0.05) is 18.6 Å². The van der Waals surface area contributed by atoms with Gasteiger partial charge >= 0.3 is 0 Å². The van der Waals surface area contributed by atoms with Crippen molar-refractivity contribution in [1.29, 1.82) is 0 Å². The molecular formula is C16H22F2N2O. The summed E-state index contributed by atoms with van der Waals surface area (Å²) < 4.78 is 26.1. The predicted octanol–water partition coefficient (Wildman–Crippen LogP) is 2.21. The van der Waals surface area contributed by atoms with E-state index in [9.17, 15) is 13.9 Å². The third-order valence-corrected chi connectivity index (χ3v) is 4.75. The largest absolute Gasteiger partial charge is 0.387 e. The van der Waals surface area contributed by atoms with Crippen molar-refractivity contribution in [3.8, 4) is 0 Å². The number of hydrogen-bond acceptors (Lipinski definition) is 3. The molecule has 0 saturated carbocycles. The first-order chi connectivity index (χ1) is 10.1. The summed E-state index contributed by atoms with van der Waals surface area (Å²) in [7, 11) is 0. The number of hydrogen-bond donors (Lipinski definition) is 2. The summed E-state index contributed by atoms with van der Waals surface area (Å²) in [6, 6.07) is 4.65. The summed E-state index contributed by atoms with van der Waals surface area (Å²) in [5.41, 5.74) is 0.416. The van der Waals surface area contributed by atoms with Crippen molar-refractivity contribution < 1.29 is 13.9 Å². The lowest BCUT2D eigenvalue weighted by Crippen LogP contribution is -2.46. The normalized spacial score (nSPS) is 27.6. The molecule has 0 aromatic heterocycles. The maximum atomic E-state index is 13.2. The van der Waals surface area contributed by atoms with Crippen LogP contribution in [0.5, 0.6) is 0 Å². The molecule has 1 aromatic rings. The average molecular weight is 296 g/mol. The molecule has 2 heterocycles. The Bertz CT molecular complexity index is 497. The van der Waals surface area contributed by atoms with Gasteiger partial charge in [-0.05, 0) is 56.5 Å². The lowest BCUT2D eigenvalue weighted by molar-refractivity contribution is 0.138. The van der Waals surface area contributed by atoms with E-state index in [1.54, 1.807) is 0 Å². The van der Waals surface area contributed by atoms with E-state index >= 15 is 0 Å². The van der Waals surface area contributed by atoms with Crippen molar-refractivity contribution in [1.82, 2.24) is 10.2 Å². The van der Waals surface area contributed by atoms with E-state index in [0.29, 0.717) is 24.2 Å². The Labute approximate surface area is 124 Å². The van der Waals surface area contributed by atoms with Crippen molar-refractivity contribution in [3.05, 3.63) is 35.4 Å². The maximum absolute atomic E-state index is 13.2. The Hall–Kier alpha value is -1.04. The van der Waals surface area contributed by atoms with Crippen LogP contribution in [-0.2, 0) is 0 Å². The predicted molar refractivity (Wildman–Crippen MR) is 76.9 cm³/mol. The van der Waals surface area contributed by atoms with E-state index in [1.165, 1.54) is 25.5 Å². The third-order valence-electron chi connectivity index (χ3n) is 4.75. The molecule has 2 N–H and O–H groups in total. The molecule has 1 aromatic carbocycles. The molecule has 2 aliphatic heterocycles. The van der Waals surface area contributed by atoms with Gasteiger partial charge in [0.05, 0.1) is 6.10 Å². The van der Waals surface area contributed by atoms with Crippen LogP contribution in [0.15, 0.2) is 18.2 Å². The Morgan fingerprint density at radius 1 is 1.24 bits per heavy atom. The van der Waals surface area contributed by atoms with Crippen molar-refractivity contribution >= 4 is 0 Å². The third kappa shape index (κ3) is 3.42. The molecule has 0 amide bonds. The van der Waals surface area contributed by atoms with Crippen molar-refractivity contribution in [2.75, 3.05) is 19.6 Å². The number of fused-ring (bicyclic) bond motifs is 1. The second kappa shape index (κ2) is 6.38.